The maximum absolute atomic E-state index is 13.1. The van der Waals surface area contributed by atoms with Gasteiger partial charge in [0.05, 0.1) is 35.8 Å². The molecule has 5 fully saturated rings. The van der Waals surface area contributed by atoms with Gasteiger partial charge in [0.2, 0.25) is 0 Å². The Balaban J connectivity index is 1.13. The number of carbonyl (C=O) groups is 1. The van der Waals surface area contributed by atoms with Crippen LogP contribution in [0.4, 0.5) is 0 Å². The van der Waals surface area contributed by atoms with Crippen LogP contribution in [0.25, 0.3) is 0 Å². The third kappa shape index (κ3) is 9.58. The second-order valence-corrected chi connectivity index (χ2v) is 25.7. The van der Waals surface area contributed by atoms with E-state index in [0.717, 1.165) is 75.1 Å². The van der Waals surface area contributed by atoms with Gasteiger partial charge in [-0.1, -0.05) is 71.3 Å². The van der Waals surface area contributed by atoms with E-state index in [2.05, 4.69) is 33.9 Å². The molecule has 1 saturated heterocycles. The number of aliphatic imine (C=N–C) groups is 1. The zero-order valence-corrected chi connectivity index (χ0v) is 42.1. The summed E-state index contributed by atoms with van der Waals surface area (Å²) in [5.41, 5.74) is 7.61. The summed E-state index contributed by atoms with van der Waals surface area (Å²) >= 11 is 0. The van der Waals surface area contributed by atoms with Crippen LogP contribution in [0, 0.1) is 45.8 Å². The van der Waals surface area contributed by atoms with Crippen molar-refractivity contribution in [2.45, 2.75) is 202 Å². The van der Waals surface area contributed by atoms with Crippen LogP contribution in [-0.4, -0.2) is 105 Å². The van der Waals surface area contributed by atoms with E-state index in [9.17, 15) is 25.2 Å². The monoisotopic (exact) mass is 974 g/mol. The standard InChI is InChI=1S/C54H79N5O7S2/c1-35(61)65-44-29-40(62)12-19-52-18-11-37-25-36-9-10-47(53(30-36)31-41(13-22-57-53)66-45-28-38(26-42(37)44)39(32-60)27-43(45)63)56-23-24-67-68-34-54(59-49(55)58-46(52)7-6-8-48(52)64)33-50(14-2-3-15-50)20-21-51(54)16-4-5-17-51/h6-7,27-28,36-37,40-42,44,46-48,56-57,60,62-64H,2-5,8-10,12-17,19-26,29-34H2,1H3,(H3,55,58,59). The van der Waals surface area contributed by atoms with Crippen LogP contribution in [-0.2, 0) is 22.6 Å². The molecule has 8 bridgehead atoms. The van der Waals surface area contributed by atoms with Crippen molar-refractivity contribution in [3.63, 3.8) is 0 Å². The highest BCUT2D eigenvalue weighted by atomic mass is 33.1. The number of fused-ring (bicyclic) bond motifs is 10. The number of carbonyl (C=O) groups excluding carboxylic acids is 1. The molecule has 6 aliphatic carbocycles. The Bertz CT molecular complexity index is 2120. The van der Waals surface area contributed by atoms with Gasteiger partial charge in [-0.15, -0.1) is 0 Å². The molecular weight excluding hydrogens is 895 g/mol. The van der Waals surface area contributed by atoms with Gasteiger partial charge in [0.15, 0.2) is 17.5 Å². The summed E-state index contributed by atoms with van der Waals surface area (Å²) in [6, 6.07) is 3.14. The van der Waals surface area contributed by atoms with Gasteiger partial charge in [-0.3, -0.25) is 4.79 Å². The first kappa shape index (κ1) is 49.0. The molecule has 1 aromatic carbocycles. The van der Waals surface area contributed by atoms with Crippen molar-refractivity contribution in [2.75, 3.05) is 24.6 Å². The van der Waals surface area contributed by atoms with Crippen molar-refractivity contribution in [1.29, 1.82) is 0 Å². The number of phenolic OH excluding ortho intramolecular Hbond substituents is 1. The SMILES string of the molecule is CC(=O)OC1CC(O)CCC23C#CC4CC5CCC(NCCSSCC6(CC7(CCCC7)CCC67CCCC7)NC(N)=NC2C=CCC3O)C2(C5)CC(CCN2)Oc2cc(c(CO)cc2O)CC41. The number of rotatable bonds is 2. The quantitative estimate of drug-likeness (QED) is 0.0644. The minimum atomic E-state index is -1.04. The maximum Gasteiger partial charge on any atom is 0.302 e. The average Bonchev–Trinajstić information content (AvgIpc) is 3.99. The summed E-state index contributed by atoms with van der Waals surface area (Å²) in [5, 5.41) is 59.1. The van der Waals surface area contributed by atoms with Crippen molar-refractivity contribution < 1.29 is 34.7 Å². The summed E-state index contributed by atoms with van der Waals surface area (Å²) in [7, 11) is 3.99. The smallest absolute Gasteiger partial charge is 0.302 e. The highest BCUT2D eigenvalue weighted by Crippen LogP contribution is 2.64. The van der Waals surface area contributed by atoms with Crippen molar-refractivity contribution in [3.8, 4) is 23.3 Å². The summed E-state index contributed by atoms with van der Waals surface area (Å²) in [4.78, 5) is 18.5. The lowest BCUT2D eigenvalue weighted by atomic mass is 9.53. The van der Waals surface area contributed by atoms with Gasteiger partial charge >= 0.3 is 5.97 Å². The van der Waals surface area contributed by atoms with Gasteiger partial charge in [-0.2, -0.15) is 0 Å². The van der Waals surface area contributed by atoms with E-state index in [1.807, 2.05) is 33.7 Å². The zero-order valence-electron chi connectivity index (χ0n) is 40.5. The van der Waals surface area contributed by atoms with Crippen LogP contribution in [0.5, 0.6) is 11.5 Å². The second kappa shape index (κ2) is 20.1. The number of piperidine rings is 1. The van der Waals surface area contributed by atoms with Crippen molar-refractivity contribution in [3.05, 3.63) is 35.4 Å². The van der Waals surface area contributed by atoms with Crippen LogP contribution < -0.4 is 26.4 Å². The van der Waals surface area contributed by atoms with Crippen LogP contribution in [0.2, 0.25) is 0 Å². The Morgan fingerprint density at radius 3 is 2.62 bits per heavy atom. The van der Waals surface area contributed by atoms with Gasteiger partial charge in [-0.05, 0) is 149 Å². The molecule has 0 radical (unpaired) electrons. The van der Waals surface area contributed by atoms with Gasteiger partial charge in [0, 0.05) is 61.2 Å². The van der Waals surface area contributed by atoms with E-state index >= 15 is 0 Å². The fourth-order valence-electron chi connectivity index (χ4n) is 15.7. The summed E-state index contributed by atoms with van der Waals surface area (Å²) in [6.45, 7) is 2.81. The van der Waals surface area contributed by atoms with Crippen LogP contribution in [0.1, 0.15) is 153 Å². The van der Waals surface area contributed by atoms with Crippen LogP contribution in [0.15, 0.2) is 29.3 Å². The Kier molecular flexibility index (Phi) is 14.5. The number of aromatic hydroxyl groups is 1. The molecule has 0 amide bonds. The molecule has 12 atom stereocenters. The van der Waals surface area contributed by atoms with E-state index in [-0.39, 0.29) is 59.3 Å². The topological polar surface area (TPSA) is 191 Å². The van der Waals surface area contributed by atoms with Gasteiger partial charge in [0.25, 0.3) is 0 Å². The molecule has 12 unspecified atom stereocenters. The number of nitrogens with zero attached hydrogens (tertiary/aromatic N) is 1. The number of aliphatic hydroxyl groups is 3. The molecule has 374 valence electrons. The molecule has 68 heavy (non-hydrogen) atoms. The number of phenols is 1. The Morgan fingerprint density at radius 1 is 0.985 bits per heavy atom. The summed E-state index contributed by atoms with van der Waals surface area (Å²) in [5.74, 6) is 9.53. The van der Waals surface area contributed by atoms with Crippen molar-refractivity contribution in [2.24, 2.45) is 44.7 Å². The van der Waals surface area contributed by atoms with E-state index in [4.69, 9.17) is 20.2 Å². The van der Waals surface area contributed by atoms with Crippen LogP contribution >= 0.6 is 21.6 Å². The molecule has 5 spiro atoms. The molecule has 4 saturated carbocycles. The molecule has 1 aromatic rings. The Morgan fingerprint density at radius 2 is 1.81 bits per heavy atom. The molecule has 0 aromatic heterocycles. The van der Waals surface area contributed by atoms with E-state index in [0.29, 0.717) is 48.4 Å². The maximum atomic E-state index is 13.1. The average molecular weight is 974 g/mol. The van der Waals surface area contributed by atoms with Gasteiger partial charge < -0.3 is 51.6 Å². The highest BCUT2D eigenvalue weighted by Gasteiger charge is 2.60. The minimum absolute atomic E-state index is 0.00787. The predicted molar refractivity (Wildman–Crippen MR) is 270 cm³/mol. The number of nitrogens with two attached hydrogens (primary N) is 1. The number of hydrogen-bond donors (Lipinski definition) is 8. The number of ether oxygens (including phenoxy) is 2. The molecule has 14 heteroatoms. The lowest BCUT2D eigenvalue weighted by Crippen LogP contribution is -2.67. The van der Waals surface area contributed by atoms with Crippen molar-refractivity contribution >= 4 is 33.5 Å². The fourth-order valence-corrected chi connectivity index (χ4v) is 18.3. The number of hydrogen-bond acceptors (Lipinski definition) is 14. The number of guanidine groups is 1. The number of esters is 1. The lowest BCUT2D eigenvalue weighted by molar-refractivity contribution is -0.152. The molecule has 4 heterocycles. The predicted octanol–water partition coefficient (Wildman–Crippen LogP) is 7.19. The molecule has 12 nitrogen and oxygen atoms in total. The Hall–Kier alpha value is -2.64. The van der Waals surface area contributed by atoms with Gasteiger partial charge in [-0.25, -0.2) is 4.99 Å². The summed E-state index contributed by atoms with van der Waals surface area (Å²) in [6.07, 6.45) is 22.1. The molecule has 10 aliphatic rings. The first-order chi connectivity index (χ1) is 32.9. The number of aliphatic hydroxyl groups excluding tert-OH is 3. The number of benzene rings is 1. The van der Waals surface area contributed by atoms with Crippen LogP contribution in [0.3, 0.4) is 0 Å². The second-order valence-electron chi connectivity index (χ2n) is 23.1. The minimum Gasteiger partial charge on any atom is -0.504 e. The normalized spacial score (nSPS) is 40.2. The highest BCUT2D eigenvalue weighted by molar-refractivity contribution is 8.76. The molecule has 9 N–H and O–H groups in total. The molecule has 4 aliphatic heterocycles. The third-order valence-electron chi connectivity index (χ3n) is 19.2. The largest absolute Gasteiger partial charge is 0.504 e. The zero-order chi connectivity index (χ0) is 47.2. The van der Waals surface area contributed by atoms with Gasteiger partial charge in [0.1, 0.15) is 12.2 Å². The first-order valence-corrected chi connectivity index (χ1v) is 29.0. The summed E-state index contributed by atoms with van der Waals surface area (Å²) < 4.78 is 13.1. The van der Waals surface area contributed by atoms with E-state index in [1.54, 1.807) is 6.07 Å². The molecule has 11 rings (SSSR count). The lowest BCUT2D eigenvalue weighted by Gasteiger charge is -2.58. The number of nitrogens with one attached hydrogen (secondary N) is 3. The third-order valence-corrected chi connectivity index (χ3v) is 21.7. The van der Waals surface area contributed by atoms with E-state index in [1.165, 1.54) is 71.1 Å². The van der Waals surface area contributed by atoms with Crippen molar-refractivity contribution in [1.82, 2.24) is 16.0 Å². The fraction of sp³-hybridized carbons (Fsp3) is 0.778. The molecular formula is C54H79N5O7S2. The van der Waals surface area contributed by atoms with E-state index < -0.39 is 41.7 Å². The Labute approximate surface area is 412 Å². The first-order valence-electron chi connectivity index (χ1n) is 26.5.